The summed E-state index contributed by atoms with van der Waals surface area (Å²) in [5, 5.41) is -0.931. The highest BCUT2D eigenvalue weighted by molar-refractivity contribution is 6.22. The fourth-order valence-corrected chi connectivity index (χ4v) is 1.84. The maximum atomic E-state index is 13.7. The van der Waals surface area contributed by atoms with E-state index in [1.807, 2.05) is 0 Å². The molecule has 2 aromatic rings. The van der Waals surface area contributed by atoms with Gasteiger partial charge in [-0.1, -0.05) is 0 Å². The van der Waals surface area contributed by atoms with E-state index in [0.717, 1.165) is 12.1 Å². The van der Waals surface area contributed by atoms with Crippen molar-refractivity contribution >= 4 is 11.6 Å². The zero-order valence-corrected chi connectivity index (χ0v) is 9.67. The molecule has 0 saturated heterocycles. The van der Waals surface area contributed by atoms with E-state index in [2.05, 4.69) is 0 Å². The van der Waals surface area contributed by atoms with E-state index < -0.39 is 17.0 Å². The topological polar surface area (TPSA) is 22.4 Å². The normalized spacial score (nSPS) is 12.5. The molecule has 90 valence electrons. The number of hydrogen-bond donors (Lipinski definition) is 0. The molecule has 0 aliphatic heterocycles. The molecule has 0 N–H and O–H groups in total. The first-order valence-corrected chi connectivity index (χ1v) is 5.26. The predicted molar refractivity (Wildman–Crippen MR) is 59.3 cm³/mol. The van der Waals surface area contributed by atoms with Crippen molar-refractivity contribution in [1.29, 1.82) is 0 Å². The largest absolute Gasteiger partial charge is 0.497 e. The quantitative estimate of drug-likeness (QED) is 0.779. The van der Waals surface area contributed by atoms with E-state index in [4.69, 9.17) is 20.8 Å². The van der Waals surface area contributed by atoms with E-state index in [1.54, 1.807) is 6.07 Å². The SMILES string of the molecule is COc1cc(F)c(C(Cl)c2ccoc2)c(F)c1. The van der Waals surface area contributed by atoms with Crippen LogP contribution in [0.4, 0.5) is 8.78 Å². The minimum absolute atomic E-state index is 0.111. The van der Waals surface area contributed by atoms with E-state index >= 15 is 0 Å². The first-order chi connectivity index (χ1) is 8.13. The minimum Gasteiger partial charge on any atom is -0.497 e. The molecule has 0 fully saturated rings. The predicted octanol–water partition coefficient (Wildman–Crippen LogP) is 3.89. The third kappa shape index (κ3) is 2.26. The zero-order valence-electron chi connectivity index (χ0n) is 8.91. The van der Waals surface area contributed by atoms with Gasteiger partial charge in [0.05, 0.1) is 25.0 Å². The molecule has 0 saturated carbocycles. The van der Waals surface area contributed by atoms with Gasteiger partial charge in [0.25, 0.3) is 0 Å². The van der Waals surface area contributed by atoms with Crippen LogP contribution >= 0.6 is 11.6 Å². The smallest absolute Gasteiger partial charge is 0.134 e. The second-order valence-electron chi connectivity index (χ2n) is 3.42. The van der Waals surface area contributed by atoms with E-state index in [-0.39, 0.29) is 11.3 Å². The Morgan fingerprint density at radius 2 is 1.94 bits per heavy atom. The highest BCUT2D eigenvalue weighted by Gasteiger charge is 2.21. The number of furan rings is 1. The molecule has 2 rings (SSSR count). The Bertz CT molecular complexity index is 488. The van der Waals surface area contributed by atoms with E-state index in [0.29, 0.717) is 5.56 Å². The number of rotatable bonds is 3. The molecule has 0 amide bonds. The van der Waals surface area contributed by atoms with Gasteiger partial charge in [0, 0.05) is 23.3 Å². The maximum absolute atomic E-state index is 13.7. The van der Waals surface area contributed by atoms with Crippen LogP contribution in [0.3, 0.4) is 0 Å². The van der Waals surface area contributed by atoms with Crippen molar-refractivity contribution in [1.82, 2.24) is 0 Å². The van der Waals surface area contributed by atoms with Gasteiger partial charge in [-0.25, -0.2) is 8.78 Å². The Balaban J connectivity index is 2.45. The number of ether oxygens (including phenoxy) is 1. The summed E-state index contributed by atoms with van der Waals surface area (Å²) in [4.78, 5) is 0. The second-order valence-corrected chi connectivity index (χ2v) is 3.86. The fraction of sp³-hybridized carbons (Fsp3) is 0.167. The van der Waals surface area contributed by atoms with E-state index in [9.17, 15) is 8.78 Å². The Kier molecular flexibility index (Phi) is 3.33. The summed E-state index contributed by atoms with van der Waals surface area (Å²) < 4.78 is 37.0. The summed E-state index contributed by atoms with van der Waals surface area (Å²) in [5.74, 6) is -1.38. The summed E-state index contributed by atoms with van der Waals surface area (Å²) in [5.41, 5.74) is 0.281. The molecule has 0 radical (unpaired) electrons. The summed E-state index contributed by atoms with van der Waals surface area (Å²) in [6.07, 6.45) is 2.74. The van der Waals surface area contributed by atoms with Crippen LogP contribution in [0.5, 0.6) is 5.75 Å². The van der Waals surface area contributed by atoms with Gasteiger partial charge in [-0.3, -0.25) is 0 Å². The molecule has 5 heteroatoms. The van der Waals surface area contributed by atoms with Crippen molar-refractivity contribution in [3.8, 4) is 5.75 Å². The Labute approximate surface area is 102 Å². The van der Waals surface area contributed by atoms with Gasteiger partial charge in [0.15, 0.2) is 0 Å². The molecule has 1 atom stereocenters. The third-order valence-corrected chi connectivity index (χ3v) is 2.85. The highest BCUT2D eigenvalue weighted by atomic mass is 35.5. The molecular weight excluding hydrogens is 250 g/mol. The van der Waals surface area contributed by atoms with Crippen LogP contribution in [0.1, 0.15) is 16.5 Å². The standard InChI is InChI=1S/C12H9ClF2O2/c1-16-8-4-9(14)11(10(15)5-8)12(13)7-2-3-17-6-7/h2-6,12H,1H3. The summed E-state index contributed by atoms with van der Waals surface area (Å²) in [7, 11) is 1.34. The molecular formula is C12H9ClF2O2. The van der Waals surface area contributed by atoms with Crippen LogP contribution in [0.25, 0.3) is 0 Å². The molecule has 1 aromatic heterocycles. The molecule has 1 aromatic carbocycles. The fourth-order valence-electron chi connectivity index (χ4n) is 1.51. The molecule has 1 heterocycles. The van der Waals surface area contributed by atoms with Crippen LogP contribution in [0, 0.1) is 11.6 Å². The highest BCUT2D eigenvalue weighted by Crippen LogP contribution is 2.34. The number of benzene rings is 1. The molecule has 1 unspecified atom stereocenters. The third-order valence-electron chi connectivity index (χ3n) is 2.38. The lowest BCUT2D eigenvalue weighted by molar-refractivity contribution is 0.405. The average molecular weight is 259 g/mol. The first-order valence-electron chi connectivity index (χ1n) is 4.82. The first kappa shape index (κ1) is 11.9. The van der Waals surface area contributed by atoms with Gasteiger partial charge in [0.2, 0.25) is 0 Å². The molecule has 0 spiro atoms. The Morgan fingerprint density at radius 3 is 2.41 bits per heavy atom. The van der Waals surface area contributed by atoms with Crippen molar-refractivity contribution < 1.29 is 17.9 Å². The maximum Gasteiger partial charge on any atom is 0.134 e. The number of methoxy groups -OCH3 is 1. The summed E-state index contributed by atoms with van der Waals surface area (Å²) in [6.45, 7) is 0. The molecule has 0 bridgehead atoms. The number of halogens is 3. The van der Waals surface area contributed by atoms with Gasteiger partial charge in [-0.05, 0) is 6.07 Å². The molecule has 17 heavy (non-hydrogen) atoms. The van der Waals surface area contributed by atoms with Gasteiger partial charge in [-0.2, -0.15) is 0 Å². The van der Waals surface area contributed by atoms with Crippen molar-refractivity contribution in [3.05, 3.63) is 53.5 Å². The molecule has 0 aliphatic carbocycles. The van der Waals surface area contributed by atoms with Crippen molar-refractivity contribution in [2.24, 2.45) is 0 Å². The van der Waals surface area contributed by atoms with Crippen molar-refractivity contribution in [2.75, 3.05) is 7.11 Å². The summed E-state index contributed by atoms with van der Waals surface area (Å²) in [6, 6.07) is 3.74. The van der Waals surface area contributed by atoms with Gasteiger partial charge in [0.1, 0.15) is 17.4 Å². The van der Waals surface area contributed by atoms with Crippen LogP contribution in [0.15, 0.2) is 35.1 Å². The Hall–Kier alpha value is -1.55. The lowest BCUT2D eigenvalue weighted by Crippen LogP contribution is -2.01. The monoisotopic (exact) mass is 258 g/mol. The number of alkyl halides is 1. The van der Waals surface area contributed by atoms with Crippen molar-refractivity contribution in [2.45, 2.75) is 5.38 Å². The lowest BCUT2D eigenvalue weighted by atomic mass is 10.1. The van der Waals surface area contributed by atoms with E-state index in [1.165, 1.54) is 19.6 Å². The van der Waals surface area contributed by atoms with Crippen LogP contribution in [0.2, 0.25) is 0 Å². The molecule has 0 aliphatic rings. The summed E-state index contributed by atoms with van der Waals surface area (Å²) >= 11 is 6.00. The number of hydrogen-bond acceptors (Lipinski definition) is 2. The minimum atomic E-state index is -0.931. The van der Waals surface area contributed by atoms with Gasteiger partial charge < -0.3 is 9.15 Å². The van der Waals surface area contributed by atoms with Gasteiger partial charge >= 0.3 is 0 Å². The zero-order chi connectivity index (χ0) is 12.4. The van der Waals surface area contributed by atoms with Gasteiger partial charge in [-0.15, -0.1) is 11.6 Å². The lowest BCUT2D eigenvalue weighted by Gasteiger charge is -2.11. The van der Waals surface area contributed by atoms with Crippen LogP contribution < -0.4 is 4.74 Å². The molecule has 2 nitrogen and oxygen atoms in total. The van der Waals surface area contributed by atoms with Crippen LogP contribution in [-0.2, 0) is 0 Å². The average Bonchev–Trinajstić information content (AvgIpc) is 2.81. The second kappa shape index (κ2) is 4.75. The van der Waals surface area contributed by atoms with Crippen LogP contribution in [-0.4, -0.2) is 7.11 Å². The van der Waals surface area contributed by atoms with Crippen molar-refractivity contribution in [3.63, 3.8) is 0 Å². The Morgan fingerprint density at radius 1 is 1.29 bits per heavy atom.